The summed E-state index contributed by atoms with van der Waals surface area (Å²) < 4.78 is 1.71. The van der Waals surface area contributed by atoms with Gasteiger partial charge < -0.3 is 5.11 Å². The number of Topliss-reactive ketones (excluding diaryl/α,β-unsaturated/α-hetero) is 1. The minimum atomic E-state index is -0.995. The highest BCUT2D eigenvalue weighted by atomic mass is 16.4. The first-order chi connectivity index (χ1) is 18.3. The fraction of sp³-hybridized carbons (Fsp3) is 0.344. The quantitative estimate of drug-likeness (QED) is 0.262. The van der Waals surface area contributed by atoms with Crippen LogP contribution in [0, 0.1) is 5.92 Å². The van der Waals surface area contributed by atoms with Gasteiger partial charge >= 0.3 is 5.97 Å². The van der Waals surface area contributed by atoms with Crippen LogP contribution in [-0.4, -0.2) is 36.6 Å². The molecule has 0 spiro atoms. The Morgan fingerprint density at radius 2 is 1.41 bits per heavy atom. The molecule has 0 bridgehead atoms. The number of hydrogen-bond acceptors (Lipinski definition) is 5. The van der Waals surface area contributed by atoms with Crippen LogP contribution >= 0.6 is 0 Å². The zero-order valence-electron chi connectivity index (χ0n) is 23.5. The number of carboxylic acids is 1. The monoisotopic (exact) mass is 524 g/mol. The lowest BCUT2D eigenvalue weighted by Gasteiger charge is -2.19. The van der Waals surface area contributed by atoms with Crippen molar-refractivity contribution in [3.05, 3.63) is 90.0 Å². The van der Waals surface area contributed by atoms with E-state index in [-0.39, 0.29) is 29.6 Å². The van der Waals surface area contributed by atoms with Gasteiger partial charge in [-0.2, -0.15) is 5.10 Å². The maximum atomic E-state index is 12.8. The average Bonchev–Trinajstić information content (AvgIpc) is 3.40. The topological polar surface area (TPSA) is 98.0 Å². The van der Waals surface area contributed by atoms with E-state index in [1.165, 1.54) is 11.8 Å². The highest BCUT2D eigenvalue weighted by Gasteiger charge is 2.24. The van der Waals surface area contributed by atoms with Crippen LogP contribution in [0.15, 0.2) is 73.3 Å². The summed E-state index contributed by atoms with van der Waals surface area (Å²) in [5, 5.41) is 14.0. The van der Waals surface area contributed by atoms with E-state index in [2.05, 4.69) is 60.1 Å². The van der Waals surface area contributed by atoms with Crippen molar-refractivity contribution in [3.63, 3.8) is 0 Å². The number of benzene rings is 2. The minimum Gasteiger partial charge on any atom is -0.481 e. The van der Waals surface area contributed by atoms with E-state index in [4.69, 9.17) is 0 Å². The van der Waals surface area contributed by atoms with Crippen molar-refractivity contribution in [2.24, 2.45) is 5.92 Å². The third-order valence-electron chi connectivity index (χ3n) is 6.80. The van der Waals surface area contributed by atoms with E-state index >= 15 is 0 Å². The molecule has 2 aromatic heterocycles. The van der Waals surface area contributed by atoms with Gasteiger partial charge in [0.25, 0.3) is 0 Å². The molecular weight excluding hydrogens is 488 g/mol. The molecule has 39 heavy (non-hydrogen) atoms. The van der Waals surface area contributed by atoms with Gasteiger partial charge in [0.15, 0.2) is 11.6 Å². The van der Waals surface area contributed by atoms with Crippen molar-refractivity contribution in [2.45, 2.75) is 65.3 Å². The first kappa shape index (κ1) is 27.9. The molecule has 0 amide bonds. The molecule has 4 rings (SSSR count). The molecule has 4 aromatic rings. The Hall–Kier alpha value is -4.13. The van der Waals surface area contributed by atoms with E-state index in [0.29, 0.717) is 11.4 Å². The van der Waals surface area contributed by atoms with Crippen molar-refractivity contribution >= 4 is 11.8 Å². The molecule has 1 atom stereocenters. The second-order valence-corrected chi connectivity index (χ2v) is 12.0. The van der Waals surface area contributed by atoms with Crippen LogP contribution in [0.3, 0.4) is 0 Å². The number of nitrogens with zero attached hydrogens (tertiary/aromatic N) is 4. The summed E-state index contributed by atoms with van der Waals surface area (Å²) in [7, 11) is 0. The lowest BCUT2D eigenvalue weighted by atomic mass is 9.86. The van der Waals surface area contributed by atoms with Crippen molar-refractivity contribution < 1.29 is 14.7 Å². The highest BCUT2D eigenvalue weighted by molar-refractivity contribution is 5.97. The fourth-order valence-electron chi connectivity index (χ4n) is 4.29. The highest BCUT2D eigenvalue weighted by Crippen LogP contribution is 2.27. The predicted molar refractivity (Wildman–Crippen MR) is 153 cm³/mol. The molecule has 7 heteroatoms. The zero-order valence-corrected chi connectivity index (χ0v) is 23.5. The van der Waals surface area contributed by atoms with E-state index in [9.17, 15) is 14.7 Å². The first-order valence-corrected chi connectivity index (χ1v) is 13.1. The van der Waals surface area contributed by atoms with Gasteiger partial charge in [0.1, 0.15) is 0 Å². The normalized spacial score (nSPS) is 12.8. The van der Waals surface area contributed by atoms with Gasteiger partial charge in [-0.15, -0.1) is 0 Å². The van der Waals surface area contributed by atoms with Gasteiger partial charge in [-0.3, -0.25) is 14.3 Å². The van der Waals surface area contributed by atoms with Crippen LogP contribution in [0.1, 0.15) is 69.4 Å². The second kappa shape index (κ2) is 10.9. The molecule has 0 radical (unpaired) electrons. The standard InChI is InChI=1S/C32H36N4O3/c1-31(2,3)27-13-11-22(12-14-27)25-17-33-29(34-18-25)23-9-7-21(8-10-23)15-24(30(38)39)16-28(37)26-19-35-36(20-26)32(4,5)6/h7-14,17-20,24H,15-16H2,1-6H3,(H,38,39)/t24-/m1/s1. The minimum absolute atomic E-state index is 0.0891. The molecular formula is C32H36N4O3. The molecule has 2 heterocycles. The molecule has 0 aliphatic heterocycles. The summed E-state index contributed by atoms with van der Waals surface area (Å²) >= 11 is 0. The number of hydrogen-bond donors (Lipinski definition) is 1. The Labute approximate surface area is 230 Å². The summed E-state index contributed by atoms with van der Waals surface area (Å²) in [6, 6.07) is 16.0. The van der Waals surface area contributed by atoms with Crippen LogP contribution in [0.2, 0.25) is 0 Å². The Kier molecular flexibility index (Phi) is 7.82. The summed E-state index contributed by atoms with van der Waals surface area (Å²) in [6.45, 7) is 12.5. The third-order valence-corrected chi connectivity index (χ3v) is 6.80. The fourth-order valence-corrected chi connectivity index (χ4v) is 4.29. The van der Waals surface area contributed by atoms with Crippen molar-refractivity contribution in [1.82, 2.24) is 19.7 Å². The van der Waals surface area contributed by atoms with Crippen molar-refractivity contribution in [2.75, 3.05) is 0 Å². The first-order valence-electron chi connectivity index (χ1n) is 13.1. The van der Waals surface area contributed by atoms with Gasteiger partial charge in [0.05, 0.1) is 23.2 Å². The summed E-state index contributed by atoms with van der Waals surface area (Å²) in [5.74, 6) is -1.46. The number of ketones is 1. The number of aliphatic carboxylic acids is 1. The Balaban J connectivity index is 1.42. The smallest absolute Gasteiger partial charge is 0.307 e. The van der Waals surface area contributed by atoms with Crippen LogP contribution in [0.4, 0.5) is 0 Å². The van der Waals surface area contributed by atoms with Gasteiger partial charge in [0, 0.05) is 36.1 Å². The number of carbonyl (C=O) groups is 2. The molecule has 1 N–H and O–H groups in total. The second-order valence-electron chi connectivity index (χ2n) is 12.0. The van der Waals surface area contributed by atoms with Crippen molar-refractivity contribution in [1.29, 1.82) is 0 Å². The van der Waals surface area contributed by atoms with E-state index in [1.54, 1.807) is 10.9 Å². The molecule has 7 nitrogen and oxygen atoms in total. The van der Waals surface area contributed by atoms with E-state index in [1.807, 2.05) is 57.4 Å². The predicted octanol–water partition coefficient (Wildman–Crippen LogP) is 6.58. The van der Waals surface area contributed by atoms with Gasteiger partial charge in [-0.1, -0.05) is 69.3 Å². The third kappa shape index (κ3) is 6.85. The maximum Gasteiger partial charge on any atom is 0.307 e. The van der Waals surface area contributed by atoms with Crippen LogP contribution in [0.25, 0.3) is 22.5 Å². The van der Waals surface area contributed by atoms with E-state index < -0.39 is 11.9 Å². The Morgan fingerprint density at radius 1 is 0.821 bits per heavy atom. The Morgan fingerprint density at radius 3 is 1.92 bits per heavy atom. The molecule has 0 saturated heterocycles. The number of carbonyl (C=O) groups excluding carboxylic acids is 1. The van der Waals surface area contributed by atoms with Crippen molar-refractivity contribution in [3.8, 4) is 22.5 Å². The summed E-state index contributed by atoms with van der Waals surface area (Å²) in [5.41, 5.74) is 5.22. The maximum absolute atomic E-state index is 12.8. The van der Waals surface area contributed by atoms with Gasteiger partial charge in [-0.25, -0.2) is 9.97 Å². The molecule has 0 aliphatic rings. The van der Waals surface area contributed by atoms with E-state index in [0.717, 1.165) is 22.3 Å². The molecule has 0 fully saturated rings. The SMILES string of the molecule is CC(C)(C)c1ccc(-c2cnc(-c3ccc(C[C@H](CC(=O)c4cnn(C(C)(C)C)c4)C(=O)O)cc3)nc2)cc1. The average molecular weight is 525 g/mol. The van der Waals surface area contributed by atoms with Gasteiger partial charge in [0.2, 0.25) is 0 Å². The lowest BCUT2D eigenvalue weighted by molar-refractivity contribution is -0.141. The Bertz CT molecular complexity index is 1440. The lowest BCUT2D eigenvalue weighted by Crippen LogP contribution is -2.22. The van der Waals surface area contributed by atoms with Crippen LogP contribution in [-0.2, 0) is 22.2 Å². The molecule has 0 aliphatic carbocycles. The summed E-state index contributed by atoms with van der Waals surface area (Å²) in [6.07, 6.45) is 6.98. The number of carboxylic acid groups (broad SMARTS) is 1. The van der Waals surface area contributed by atoms with Crippen LogP contribution < -0.4 is 0 Å². The number of rotatable bonds is 8. The zero-order chi connectivity index (χ0) is 28.4. The number of aromatic nitrogens is 4. The molecule has 0 saturated carbocycles. The largest absolute Gasteiger partial charge is 0.481 e. The molecule has 202 valence electrons. The van der Waals surface area contributed by atoms with Gasteiger partial charge in [-0.05, 0) is 49.3 Å². The summed E-state index contributed by atoms with van der Waals surface area (Å²) in [4.78, 5) is 33.8. The van der Waals surface area contributed by atoms with Crippen LogP contribution in [0.5, 0.6) is 0 Å². The molecule has 2 aromatic carbocycles. The molecule has 0 unspecified atom stereocenters.